The lowest BCUT2D eigenvalue weighted by molar-refractivity contribution is 0.162. The molecule has 1 unspecified atom stereocenters. The summed E-state index contributed by atoms with van der Waals surface area (Å²) in [7, 11) is 0. The molecule has 15 heavy (non-hydrogen) atoms. The van der Waals surface area contributed by atoms with Crippen molar-refractivity contribution in [2.45, 2.75) is 38.7 Å². The zero-order valence-electron chi connectivity index (χ0n) is 9.04. The Morgan fingerprint density at radius 3 is 2.80 bits per heavy atom. The standard InChI is InChI=1S/C13H17BrO/c1-9-8-11(5-6-12(9)14)13(15)7-4-10-2-3-10/h5-6,8,10,13,15H,2-4,7H2,1H3. The summed E-state index contributed by atoms with van der Waals surface area (Å²) < 4.78 is 1.11. The number of aliphatic hydroxyl groups excluding tert-OH is 1. The molecule has 1 nitrogen and oxygen atoms in total. The third kappa shape index (κ3) is 3.05. The van der Waals surface area contributed by atoms with Crippen LogP contribution in [0.3, 0.4) is 0 Å². The van der Waals surface area contributed by atoms with Gasteiger partial charge in [0, 0.05) is 4.47 Å². The van der Waals surface area contributed by atoms with Crippen LogP contribution in [-0.4, -0.2) is 5.11 Å². The van der Waals surface area contributed by atoms with E-state index in [0.717, 1.165) is 22.4 Å². The Labute approximate surface area is 99.6 Å². The Hall–Kier alpha value is -0.340. The number of halogens is 1. The number of benzene rings is 1. The maximum atomic E-state index is 10.00. The predicted octanol–water partition coefficient (Wildman–Crippen LogP) is 3.98. The topological polar surface area (TPSA) is 20.2 Å². The molecule has 1 aliphatic rings. The lowest BCUT2D eigenvalue weighted by Crippen LogP contribution is -1.98. The molecule has 1 N–H and O–H groups in total. The van der Waals surface area contributed by atoms with Gasteiger partial charge in [-0.2, -0.15) is 0 Å². The third-order valence-electron chi connectivity index (χ3n) is 3.11. The second kappa shape index (κ2) is 4.67. The maximum absolute atomic E-state index is 10.00. The lowest BCUT2D eigenvalue weighted by Gasteiger charge is -2.11. The van der Waals surface area contributed by atoms with Crippen molar-refractivity contribution < 1.29 is 5.11 Å². The van der Waals surface area contributed by atoms with Crippen LogP contribution < -0.4 is 0 Å². The monoisotopic (exact) mass is 268 g/mol. The van der Waals surface area contributed by atoms with Gasteiger partial charge in [0.15, 0.2) is 0 Å². The molecule has 2 heteroatoms. The molecule has 1 saturated carbocycles. The van der Waals surface area contributed by atoms with Crippen LogP contribution in [0.15, 0.2) is 22.7 Å². The molecule has 1 fully saturated rings. The number of hydrogen-bond donors (Lipinski definition) is 1. The molecule has 2 rings (SSSR count). The molecule has 0 saturated heterocycles. The van der Waals surface area contributed by atoms with Crippen molar-refractivity contribution in [2.75, 3.05) is 0 Å². The molecule has 1 aromatic carbocycles. The molecule has 0 bridgehead atoms. The molecule has 0 heterocycles. The van der Waals surface area contributed by atoms with Crippen molar-refractivity contribution in [1.29, 1.82) is 0 Å². The minimum atomic E-state index is -0.280. The Kier molecular flexibility index (Phi) is 3.47. The van der Waals surface area contributed by atoms with E-state index in [0.29, 0.717) is 0 Å². The zero-order chi connectivity index (χ0) is 10.8. The first kappa shape index (κ1) is 11.2. The van der Waals surface area contributed by atoms with Crippen molar-refractivity contribution in [3.63, 3.8) is 0 Å². The van der Waals surface area contributed by atoms with Crippen LogP contribution in [0, 0.1) is 12.8 Å². The fourth-order valence-electron chi connectivity index (χ4n) is 1.84. The van der Waals surface area contributed by atoms with E-state index in [2.05, 4.69) is 28.9 Å². The van der Waals surface area contributed by atoms with Gasteiger partial charge in [0.1, 0.15) is 0 Å². The summed E-state index contributed by atoms with van der Waals surface area (Å²) in [6.45, 7) is 2.06. The highest BCUT2D eigenvalue weighted by atomic mass is 79.9. The van der Waals surface area contributed by atoms with Crippen LogP contribution in [0.4, 0.5) is 0 Å². The second-order valence-corrected chi connectivity index (χ2v) is 5.40. The van der Waals surface area contributed by atoms with Crippen molar-refractivity contribution in [3.8, 4) is 0 Å². The molecule has 1 aromatic rings. The Morgan fingerprint density at radius 1 is 1.47 bits per heavy atom. The number of aliphatic hydroxyl groups is 1. The summed E-state index contributed by atoms with van der Waals surface area (Å²) in [6, 6.07) is 6.10. The molecule has 1 atom stereocenters. The van der Waals surface area contributed by atoms with Gasteiger partial charge in [-0.1, -0.05) is 40.9 Å². The molecular formula is C13H17BrO. The van der Waals surface area contributed by atoms with Crippen molar-refractivity contribution in [1.82, 2.24) is 0 Å². The number of hydrogen-bond acceptors (Lipinski definition) is 1. The predicted molar refractivity (Wildman–Crippen MR) is 65.8 cm³/mol. The second-order valence-electron chi connectivity index (χ2n) is 4.55. The van der Waals surface area contributed by atoms with Crippen molar-refractivity contribution >= 4 is 15.9 Å². The van der Waals surface area contributed by atoms with Crippen LogP contribution >= 0.6 is 15.9 Å². The molecular weight excluding hydrogens is 252 g/mol. The summed E-state index contributed by atoms with van der Waals surface area (Å²) in [5, 5.41) is 10.00. The zero-order valence-corrected chi connectivity index (χ0v) is 10.6. The van der Waals surface area contributed by atoms with Crippen LogP contribution in [0.5, 0.6) is 0 Å². The highest BCUT2D eigenvalue weighted by Gasteiger charge is 2.22. The highest BCUT2D eigenvalue weighted by molar-refractivity contribution is 9.10. The van der Waals surface area contributed by atoms with Crippen molar-refractivity contribution in [3.05, 3.63) is 33.8 Å². The van der Waals surface area contributed by atoms with Gasteiger partial charge < -0.3 is 5.11 Å². The smallest absolute Gasteiger partial charge is 0.0790 e. The first-order chi connectivity index (χ1) is 7.16. The Bertz CT molecular complexity index is 344. The largest absolute Gasteiger partial charge is 0.388 e. The quantitative estimate of drug-likeness (QED) is 0.876. The maximum Gasteiger partial charge on any atom is 0.0790 e. The molecule has 0 aliphatic heterocycles. The highest BCUT2D eigenvalue weighted by Crippen LogP contribution is 2.36. The fraction of sp³-hybridized carbons (Fsp3) is 0.538. The molecule has 82 valence electrons. The minimum absolute atomic E-state index is 0.280. The van der Waals surface area contributed by atoms with Gasteiger partial charge in [-0.25, -0.2) is 0 Å². The van der Waals surface area contributed by atoms with Crippen molar-refractivity contribution in [2.24, 2.45) is 5.92 Å². The number of rotatable bonds is 4. The molecule has 1 aliphatic carbocycles. The normalized spacial score (nSPS) is 17.8. The van der Waals surface area contributed by atoms with Crippen LogP contribution in [0.1, 0.15) is 42.9 Å². The van der Waals surface area contributed by atoms with Gasteiger partial charge in [-0.15, -0.1) is 0 Å². The van der Waals surface area contributed by atoms with E-state index in [1.165, 1.54) is 24.8 Å². The first-order valence-electron chi connectivity index (χ1n) is 5.61. The summed E-state index contributed by atoms with van der Waals surface area (Å²) in [5.74, 6) is 0.899. The van der Waals surface area contributed by atoms with E-state index in [9.17, 15) is 5.11 Å². The van der Waals surface area contributed by atoms with E-state index in [1.807, 2.05) is 12.1 Å². The third-order valence-corrected chi connectivity index (χ3v) is 4.00. The summed E-state index contributed by atoms with van der Waals surface area (Å²) >= 11 is 3.47. The summed E-state index contributed by atoms with van der Waals surface area (Å²) in [4.78, 5) is 0. The van der Waals surface area contributed by atoms with Crippen LogP contribution in [0.25, 0.3) is 0 Å². The van der Waals surface area contributed by atoms with E-state index >= 15 is 0 Å². The van der Waals surface area contributed by atoms with Gasteiger partial charge >= 0.3 is 0 Å². The Morgan fingerprint density at radius 2 is 2.20 bits per heavy atom. The van der Waals surface area contributed by atoms with Gasteiger partial charge in [0.2, 0.25) is 0 Å². The fourth-order valence-corrected chi connectivity index (χ4v) is 2.09. The summed E-state index contributed by atoms with van der Waals surface area (Å²) in [6.07, 6.45) is 4.54. The molecule has 0 spiro atoms. The van der Waals surface area contributed by atoms with E-state index in [1.54, 1.807) is 0 Å². The van der Waals surface area contributed by atoms with Gasteiger partial charge in [0.25, 0.3) is 0 Å². The van der Waals surface area contributed by atoms with E-state index < -0.39 is 0 Å². The average Bonchev–Trinajstić information content (AvgIpc) is 3.02. The molecule has 0 aromatic heterocycles. The van der Waals surface area contributed by atoms with Gasteiger partial charge in [-0.05, 0) is 42.9 Å². The van der Waals surface area contributed by atoms with Crippen LogP contribution in [0.2, 0.25) is 0 Å². The van der Waals surface area contributed by atoms with E-state index in [-0.39, 0.29) is 6.10 Å². The van der Waals surface area contributed by atoms with Crippen LogP contribution in [-0.2, 0) is 0 Å². The van der Waals surface area contributed by atoms with Gasteiger partial charge in [0.05, 0.1) is 6.10 Å². The SMILES string of the molecule is Cc1cc(C(O)CCC2CC2)ccc1Br. The summed E-state index contributed by atoms with van der Waals surface area (Å²) in [5.41, 5.74) is 2.24. The number of aryl methyl sites for hydroxylation is 1. The van der Waals surface area contributed by atoms with E-state index in [4.69, 9.17) is 0 Å². The first-order valence-corrected chi connectivity index (χ1v) is 6.40. The Balaban J connectivity index is 1.97. The minimum Gasteiger partial charge on any atom is -0.388 e. The van der Waals surface area contributed by atoms with Gasteiger partial charge in [-0.3, -0.25) is 0 Å². The lowest BCUT2D eigenvalue weighted by atomic mass is 10.0. The molecule has 0 radical (unpaired) electrons. The molecule has 0 amide bonds. The average molecular weight is 269 g/mol.